The lowest BCUT2D eigenvalue weighted by Gasteiger charge is -2.12. The fourth-order valence-corrected chi connectivity index (χ4v) is 3.15. The molecular weight excluding hydrogens is 342 g/mol. The van der Waals surface area contributed by atoms with Crippen LogP contribution in [0.2, 0.25) is 5.02 Å². The van der Waals surface area contributed by atoms with Crippen LogP contribution in [-0.4, -0.2) is 16.0 Å². The third-order valence-corrected chi connectivity index (χ3v) is 4.64. The molecule has 2 amide bonds. The molecule has 0 unspecified atom stereocenters. The number of amides is 2. The van der Waals surface area contributed by atoms with E-state index in [-0.39, 0.29) is 17.7 Å². The number of hydrogen-bond acceptors (Lipinski definition) is 3. The average molecular weight is 356 g/mol. The van der Waals surface area contributed by atoms with Gasteiger partial charge in [-0.3, -0.25) is 14.5 Å². The van der Waals surface area contributed by atoms with Crippen LogP contribution in [-0.2, 0) is 11.3 Å². The van der Waals surface area contributed by atoms with Crippen molar-refractivity contribution in [2.75, 3.05) is 0 Å². The summed E-state index contributed by atoms with van der Waals surface area (Å²) >= 11 is 6.81. The van der Waals surface area contributed by atoms with Gasteiger partial charge in [-0.05, 0) is 41.1 Å². The Morgan fingerprint density at radius 2 is 1.71 bits per heavy atom. The van der Waals surface area contributed by atoms with Gasteiger partial charge >= 0.3 is 0 Å². The molecule has 5 heteroatoms. The summed E-state index contributed by atoms with van der Waals surface area (Å²) in [6.07, 6.45) is 5.36. The Balaban J connectivity index is 1.70. The van der Waals surface area contributed by atoms with Crippen molar-refractivity contribution in [2.45, 2.75) is 6.54 Å². The van der Waals surface area contributed by atoms with Gasteiger partial charge in [-0.15, -0.1) is 0 Å². The second kappa shape index (κ2) is 7.51. The topological polar surface area (TPSA) is 37.4 Å². The first-order valence-corrected chi connectivity index (χ1v) is 8.54. The van der Waals surface area contributed by atoms with E-state index in [0.29, 0.717) is 9.93 Å². The minimum atomic E-state index is -0.266. The molecule has 1 fully saturated rings. The molecule has 24 heavy (non-hydrogen) atoms. The SMILES string of the molecule is O=C1S/C(=C/C=C/c2ccccc2)C(=O)N1Cc1ccc(Cl)cc1. The summed E-state index contributed by atoms with van der Waals surface area (Å²) in [6, 6.07) is 16.9. The Morgan fingerprint density at radius 3 is 2.42 bits per heavy atom. The highest BCUT2D eigenvalue weighted by molar-refractivity contribution is 8.18. The van der Waals surface area contributed by atoms with E-state index in [0.717, 1.165) is 22.9 Å². The van der Waals surface area contributed by atoms with Crippen LogP contribution in [0.15, 0.2) is 71.7 Å². The normalized spacial score (nSPS) is 16.5. The number of allylic oxidation sites excluding steroid dienone is 2. The van der Waals surface area contributed by atoms with Crippen LogP contribution in [0.5, 0.6) is 0 Å². The average Bonchev–Trinajstić information content (AvgIpc) is 2.85. The lowest BCUT2D eigenvalue weighted by molar-refractivity contribution is -0.123. The van der Waals surface area contributed by atoms with Gasteiger partial charge in [-0.25, -0.2) is 0 Å². The Bertz CT molecular complexity index is 813. The summed E-state index contributed by atoms with van der Waals surface area (Å²) in [7, 11) is 0. The summed E-state index contributed by atoms with van der Waals surface area (Å²) in [4.78, 5) is 26.1. The molecule has 0 atom stereocenters. The second-order valence-corrected chi connectivity index (χ2v) is 6.62. The molecule has 0 saturated carbocycles. The van der Waals surface area contributed by atoms with Gasteiger partial charge < -0.3 is 0 Å². The predicted octanol–water partition coefficient (Wildman–Crippen LogP) is 5.13. The molecule has 0 spiro atoms. The van der Waals surface area contributed by atoms with E-state index in [9.17, 15) is 9.59 Å². The molecule has 1 heterocycles. The van der Waals surface area contributed by atoms with E-state index in [4.69, 9.17) is 11.6 Å². The number of carbonyl (C=O) groups is 2. The molecule has 1 aliphatic rings. The molecule has 2 aromatic carbocycles. The first-order valence-electron chi connectivity index (χ1n) is 7.35. The fourth-order valence-electron chi connectivity index (χ4n) is 2.23. The van der Waals surface area contributed by atoms with Gasteiger partial charge in [-0.2, -0.15) is 0 Å². The number of rotatable bonds is 4. The predicted molar refractivity (Wildman–Crippen MR) is 98.5 cm³/mol. The smallest absolute Gasteiger partial charge is 0.268 e. The standard InChI is InChI=1S/C19H14ClNO2S/c20-16-11-9-15(10-12-16)13-21-18(22)17(24-19(21)23)8-4-7-14-5-2-1-3-6-14/h1-12H,13H2/b7-4+,17-8+. The molecule has 0 aromatic heterocycles. The van der Waals surface area contributed by atoms with Gasteiger partial charge in [0.1, 0.15) is 0 Å². The summed E-state index contributed by atoms with van der Waals surface area (Å²) in [6.45, 7) is 0.252. The zero-order valence-corrected chi connectivity index (χ0v) is 14.3. The Kier molecular flexibility index (Phi) is 5.18. The van der Waals surface area contributed by atoms with E-state index in [1.165, 1.54) is 4.90 Å². The van der Waals surface area contributed by atoms with Crippen molar-refractivity contribution < 1.29 is 9.59 Å². The third kappa shape index (κ3) is 3.96. The molecular formula is C19H14ClNO2S. The zero-order valence-electron chi connectivity index (χ0n) is 12.7. The van der Waals surface area contributed by atoms with E-state index in [1.54, 1.807) is 24.3 Å². The van der Waals surface area contributed by atoms with Gasteiger partial charge in [-0.1, -0.05) is 66.2 Å². The van der Waals surface area contributed by atoms with Crippen LogP contribution in [0.4, 0.5) is 4.79 Å². The molecule has 1 saturated heterocycles. The van der Waals surface area contributed by atoms with Gasteiger partial charge in [0.25, 0.3) is 11.1 Å². The summed E-state index contributed by atoms with van der Waals surface area (Å²) in [5, 5.41) is 0.369. The highest BCUT2D eigenvalue weighted by Crippen LogP contribution is 2.32. The largest absolute Gasteiger partial charge is 0.293 e. The molecule has 0 aliphatic carbocycles. The van der Waals surface area contributed by atoms with Crippen molar-refractivity contribution in [2.24, 2.45) is 0 Å². The number of carbonyl (C=O) groups excluding carboxylic acids is 2. The number of benzene rings is 2. The van der Waals surface area contributed by atoms with E-state index >= 15 is 0 Å². The summed E-state index contributed by atoms with van der Waals surface area (Å²) in [5.74, 6) is -0.266. The van der Waals surface area contributed by atoms with E-state index < -0.39 is 0 Å². The Hall–Kier alpha value is -2.30. The minimum Gasteiger partial charge on any atom is -0.268 e. The number of nitrogens with zero attached hydrogens (tertiary/aromatic N) is 1. The van der Waals surface area contributed by atoms with Crippen molar-refractivity contribution >= 4 is 40.6 Å². The fraction of sp³-hybridized carbons (Fsp3) is 0.0526. The summed E-state index contributed by atoms with van der Waals surface area (Å²) < 4.78 is 0. The minimum absolute atomic E-state index is 0.252. The van der Waals surface area contributed by atoms with Crippen LogP contribution in [0.3, 0.4) is 0 Å². The molecule has 120 valence electrons. The molecule has 1 aliphatic heterocycles. The maximum atomic E-state index is 12.4. The highest BCUT2D eigenvalue weighted by atomic mass is 35.5. The Labute approximate surface area is 149 Å². The monoisotopic (exact) mass is 355 g/mol. The Morgan fingerprint density at radius 1 is 1.00 bits per heavy atom. The molecule has 0 radical (unpaired) electrons. The first-order chi connectivity index (χ1) is 11.6. The maximum Gasteiger partial charge on any atom is 0.293 e. The van der Waals surface area contributed by atoms with Gasteiger partial charge in [0.05, 0.1) is 11.4 Å². The van der Waals surface area contributed by atoms with Gasteiger partial charge in [0.2, 0.25) is 0 Å². The molecule has 0 N–H and O–H groups in total. The zero-order chi connectivity index (χ0) is 16.9. The molecule has 3 nitrogen and oxygen atoms in total. The maximum absolute atomic E-state index is 12.4. The van der Waals surface area contributed by atoms with Gasteiger partial charge in [0.15, 0.2) is 0 Å². The summed E-state index contributed by atoms with van der Waals surface area (Å²) in [5.41, 5.74) is 1.90. The van der Waals surface area contributed by atoms with Crippen molar-refractivity contribution in [3.05, 3.63) is 87.8 Å². The van der Waals surface area contributed by atoms with Crippen LogP contribution in [0.1, 0.15) is 11.1 Å². The second-order valence-electron chi connectivity index (χ2n) is 5.19. The highest BCUT2D eigenvalue weighted by Gasteiger charge is 2.34. The van der Waals surface area contributed by atoms with E-state index in [1.807, 2.05) is 48.5 Å². The quantitative estimate of drug-likeness (QED) is 0.713. The number of imide groups is 1. The first kappa shape index (κ1) is 16.6. The van der Waals surface area contributed by atoms with Crippen molar-refractivity contribution in [3.8, 4) is 0 Å². The molecule has 0 bridgehead atoms. The van der Waals surface area contributed by atoms with Crippen molar-refractivity contribution in [3.63, 3.8) is 0 Å². The molecule has 3 rings (SSSR count). The van der Waals surface area contributed by atoms with Crippen LogP contribution < -0.4 is 0 Å². The van der Waals surface area contributed by atoms with Gasteiger partial charge in [0, 0.05) is 5.02 Å². The van der Waals surface area contributed by atoms with Crippen molar-refractivity contribution in [1.29, 1.82) is 0 Å². The lowest BCUT2D eigenvalue weighted by atomic mass is 10.2. The number of hydrogen-bond donors (Lipinski definition) is 0. The number of thioether (sulfide) groups is 1. The number of halogens is 1. The third-order valence-electron chi connectivity index (χ3n) is 3.46. The molecule has 2 aromatic rings. The van der Waals surface area contributed by atoms with Crippen LogP contribution >= 0.6 is 23.4 Å². The lowest BCUT2D eigenvalue weighted by Crippen LogP contribution is -2.27. The van der Waals surface area contributed by atoms with Crippen LogP contribution in [0.25, 0.3) is 6.08 Å². The van der Waals surface area contributed by atoms with Crippen molar-refractivity contribution in [1.82, 2.24) is 4.90 Å². The van der Waals surface area contributed by atoms with Crippen LogP contribution in [0, 0.1) is 0 Å². The van der Waals surface area contributed by atoms with E-state index in [2.05, 4.69) is 0 Å².